The molecule has 6 nitrogen and oxygen atoms in total. The van der Waals surface area contributed by atoms with Crippen molar-refractivity contribution in [2.75, 3.05) is 7.11 Å². The average molecular weight is 352 g/mol. The van der Waals surface area contributed by atoms with Crippen molar-refractivity contribution < 1.29 is 9.13 Å². The van der Waals surface area contributed by atoms with Crippen molar-refractivity contribution in [1.29, 1.82) is 0 Å². The highest BCUT2D eigenvalue weighted by atomic mass is 19.1. The lowest BCUT2D eigenvalue weighted by atomic mass is 10.2. The Labute approximate surface area is 148 Å². The first-order valence-corrected chi connectivity index (χ1v) is 8.14. The largest absolute Gasteiger partial charge is 0.494 e. The molecule has 7 heteroatoms. The number of methoxy groups -OCH3 is 1. The van der Waals surface area contributed by atoms with Crippen molar-refractivity contribution in [3.63, 3.8) is 0 Å². The van der Waals surface area contributed by atoms with E-state index in [-0.39, 0.29) is 17.9 Å². The zero-order chi connectivity index (χ0) is 18.4. The molecule has 4 aromatic rings. The van der Waals surface area contributed by atoms with Gasteiger partial charge in [-0.2, -0.15) is 5.10 Å². The van der Waals surface area contributed by atoms with E-state index in [1.54, 1.807) is 23.9 Å². The summed E-state index contributed by atoms with van der Waals surface area (Å²) in [5, 5.41) is 5.51. The summed E-state index contributed by atoms with van der Waals surface area (Å²) in [6, 6.07) is 8.62. The van der Waals surface area contributed by atoms with Crippen molar-refractivity contribution in [3.05, 3.63) is 64.1 Å². The van der Waals surface area contributed by atoms with Gasteiger partial charge < -0.3 is 9.30 Å². The minimum Gasteiger partial charge on any atom is -0.494 e. The lowest BCUT2D eigenvalue weighted by Crippen LogP contribution is -2.24. The van der Waals surface area contributed by atoms with Crippen LogP contribution in [0.4, 0.5) is 4.39 Å². The SMILES string of the molecule is COc1cc2c(cc1F)c1cnn(Cc3cccc(C)n3)c(=O)c1n2C. The third-order valence-electron chi connectivity index (χ3n) is 4.53. The summed E-state index contributed by atoms with van der Waals surface area (Å²) in [7, 11) is 3.19. The highest BCUT2D eigenvalue weighted by molar-refractivity contribution is 6.07. The van der Waals surface area contributed by atoms with E-state index < -0.39 is 5.82 Å². The van der Waals surface area contributed by atoms with Gasteiger partial charge in [0.25, 0.3) is 5.56 Å². The zero-order valence-electron chi connectivity index (χ0n) is 14.7. The maximum absolute atomic E-state index is 14.1. The first-order chi connectivity index (χ1) is 12.5. The number of ether oxygens (including phenoxy) is 1. The van der Waals surface area contributed by atoms with E-state index in [9.17, 15) is 9.18 Å². The summed E-state index contributed by atoms with van der Waals surface area (Å²) >= 11 is 0. The van der Waals surface area contributed by atoms with E-state index in [4.69, 9.17) is 4.74 Å². The molecule has 0 amide bonds. The van der Waals surface area contributed by atoms with Gasteiger partial charge in [-0.1, -0.05) is 6.07 Å². The minimum absolute atomic E-state index is 0.139. The summed E-state index contributed by atoms with van der Waals surface area (Å²) in [6.45, 7) is 2.17. The molecule has 0 saturated carbocycles. The molecule has 0 atom stereocenters. The Balaban J connectivity index is 1.94. The van der Waals surface area contributed by atoms with Crippen LogP contribution in [0.15, 0.2) is 41.3 Å². The molecule has 0 unspecified atom stereocenters. The fourth-order valence-electron chi connectivity index (χ4n) is 3.27. The number of benzene rings is 1. The van der Waals surface area contributed by atoms with Crippen LogP contribution in [0.3, 0.4) is 0 Å². The second-order valence-electron chi connectivity index (χ2n) is 6.20. The quantitative estimate of drug-likeness (QED) is 0.569. The molecular formula is C19H17FN4O2. The zero-order valence-corrected chi connectivity index (χ0v) is 14.7. The van der Waals surface area contributed by atoms with Gasteiger partial charge in [-0.25, -0.2) is 9.07 Å². The highest BCUT2D eigenvalue weighted by Gasteiger charge is 2.17. The maximum Gasteiger partial charge on any atom is 0.291 e. The van der Waals surface area contributed by atoms with Gasteiger partial charge in [-0.15, -0.1) is 0 Å². The Kier molecular flexibility index (Phi) is 3.72. The Morgan fingerprint density at radius 2 is 2.04 bits per heavy atom. The molecule has 0 aliphatic heterocycles. The molecule has 0 saturated heterocycles. The van der Waals surface area contributed by atoms with Gasteiger partial charge in [0.2, 0.25) is 0 Å². The second-order valence-corrected chi connectivity index (χ2v) is 6.20. The summed E-state index contributed by atoms with van der Waals surface area (Å²) < 4.78 is 22.3. The number of rotatable bonds is 3. The van der Waals surface area contributed by atoms with E-state index in [2.05, 4.69) is 10.1 Å². The van der Waals surface area contributed by atoms with Crippen LogP contribution in [0.1, 0.15) is 11.4 Å². The average Bonchev–Trinajstić information content (AvgIpc) is 2.89. The summed E-state index contributed by atoms with van der Waals surface area (Å²) in [5.41, 5.74) is 2.57. The van der Waals surface area contributed by atoms with Crippen molar-refractivity contribution >= 4 is 21.8 Å². The Morgan fingerprint density at radius 1 is 1.23 bits per heavy atom. The van der Waals surface area contributed by atoms with Crippen LogP contribution in [0.2, 0.25) is 0 Å². The highest BCUT2D eigenvalue weighted by Crippen LogP contribution is 2.30. The number of hydrogen-bond acceptors (Lipinski definition) is 4. The molecule has 26 heavy (non-hydrogen) atoms. The fourth-order valence-corrected chi connectivity index (χ4v) is 3.27. The number of hydrogen-bond donors (Lipinski definition) is 0. The van der Waals surface area contributed by atoms with E-state index in [0.717, 1.165) is 11.4 Å². The maximum atomic E-state index is 14.1. The lowest BCUT2D eigenvalue weighted by Gasteiger charge is -2.05. The Morgan fingerprint density at radius 3 is 2.77 bits per heavy atom. The summed E-state index contributed by atoms with van der Waals surface area (Å²) in [6.07, 6.45) is 1.60. The van der Waals surface area contributed by atoms with E-state index >= 15 is 0 Å². The number of fused-ring (bicyclic) bond motifs is 3. The van der Waals surface area contributed by atoms with Gasteiger partial charge in [0.1, 0.15) is 5.52 Å². The van der Waals surface area contributed by atoms with Crippen molar-refractivity contribution in [1.82, 2.24) is 19.3 Å². The van der Waals surface area contributed by atoms with Crippen LogP contribution in [0, 0.1) is 12.7 Å². The van der Waals surface area contributed by atoms with Crippen molar-refractivity contribution in [2.45, 2.75) is 13.5 Å². The number of aryl methyl sites for hydroxylation is 2. The molecule has 0 fully saturated rings. The normalized spacial score (nSPS) is 11.4. The molecule has 4 rings (SSSR count). The van der Waals surface area contributed by atoms with Gasteiger partial charge in [0.05, 0.1) is 31.1 Å². The van der Waals surface area contributed by atoms with Crippen molar-refractivity contribution in [2.24, 2.45) is 7.05 Å². The van der Waals surface area contributed by atoms with Crippen LogP contribution >= 0.6 is 0 Å². The minimum atomic E-state index is -0.472. The van der Waals surface area contributed by atoms with E-state index in [1.165, 1.54) is 17.9 Å². The van der Waals surface area contributed by atoms with Crippen LogP contribution in [-0.2, 0) is 13.6 Å². The standard InChI is InChI=1S/C19H17FN4O2/c1-11-5-4-6-12(22-11)10-24-19(25)18-14(9-21-24)13-7-15(20)17(26-3)8-16(13)23(18)2/h4-9H,10H2,1-3H3. The Bertz CT molecular complexity index is 1210. The van der Waals surface area contributed by atoms with Gasteiger partial charge in [-0.3, -0.25) is 9.78 Å². The number of nitrogens with zero attached hydrogens (tertiary/aromatic N) is 4. The van der Waals surface area contributed by atoms with Gasteiger partial charge in [0.15, 0.2) is 11.6 Å². The fraction of sp³-hybridized carbons (Fsp3) is 0.211. The van der Waals surface area contributed by atoms with Gasteiger partial charge in [0, 0.05) is 29.6 Å². The van der Waals surface area contributed by atoms with Crippen LogP contribution in [0.5, 0.6) is 5.75 Å². The predicted octanol–water partition coefficient (Wildman–Crippen LogP) is 2.79. The molecule has 0 aliphatic rings. The molecule has 3 aromatic heterocycles. The van der Waals surface area contributed by atoms with Crippen LogP contribution in [-0.4, -0.2) is 26.4 Å². The lowest BCUT2D eigenvalue weighted by molar-refractivity contribution is 0.387. The summed E-state index contributed by atoms with van der Waals surface area (Å²) in [4.78, 5) is 17.4. The number of aromatic nitrogens is 4. The van der Waals surface area contributed by atoms with Crippen LogP contribution < -0.4 is 10.3 Å². The van der Waals surface area contributed by atoms with Gasteiger partial charge in [-0.05, 0) is 25.1 Å². The molecule has 0 radical (unpaired) electrons. The molecule has 0 spiro atoms. The molecule has 3 heterocycles. The molecule has 0 bridgehead atoms. The molecule has 0 aliphatic carbocycles. The third-order valence-corrected chi connectivity index (χ3v) is 4.53. The topological polar surface area (TPSA) is 61.9 Å². The molecule has 0 N–H and O–H groups in total. The smallest absolute Gasteiger partial charge is 0.291 e. The second kappa shape index (κ2) is 5.94. The van der Waals surface area contributed by atoms with Crippen molar-refractivity contribution in [3.8, 4) is 5.75 Å². The van der Waals surface area contributed by atoms with Crippen LogP contribution in [0.25, 0.3) is 21.8 Å². The number of halogens is 1. The van der Waals surface area contributed by atoms with Gasteiger partial charge >= 0.3 is 0 Å². The summed E-state index contributed by atoms with van der Waals surface area (Å²) in [5.74, 6) is -0.332. The molecular weight excluding hydrogens is 335 g/mol. The third kappa shape index (κ3) is 2.44. The monoisotopic (exact) mass is 352 g/mol. The first-order valence-electron chi connectivity index (χ1n) is 8.14. The Hall–Kier alpha value is -3.22. The first kappa shape index (κ1) is 16.3. The molecule has 132 valence electrons. The van der Waals surface area contributed by atoms with E-state index in [0.29, 0.717) is 21.8 Å². The predicted molar refractivity (Wildman–Crippen MR) is 97.1 cm³/mol. The van der Waals surface area contributed by atoms with E-state index in [1.807, 2.05) is 25.1 Å². The molecule has 1 aromatic carbocycles. The number of pyridine rings is 1.